The lowest BCUT2D eigenvalue weighted by Gasteiger charge is -2.15. The minimum atomic E-state index is -0.973. The van der Waals surface area contributed by atoms with Crippen LogP contribution in [0.4, 0.5) is 8.78 Å². The maximum absolute atomic E-state index is 13.0. The standard InChI is InChI=1S/C12H14F2N2O2/c1-2-11(17)16-10(12(15)18)5-7-3-8(13)6-9(14)4-7/h3-4,6,10H,2,5H2,1H3,(H2,15,18)(H,16,17)/t10-/m0/s1. The highest BCUT2D eigenvalue weighted by Gasteiger charge is 2.18. The summed E-state index contributed by atoms with van der Waals surface area (Å²) < 4.78 is 25.9. The summed E-state index contributed by atoms with van der Waals surface area (Å²) in [5.74, 6) is -2.58. The van der Waals surface area contributed by atoms with Gasteiger partial charge < -0.3 is 11.1 Å². The van der Waals surface area contributed by atoms with Crippen molar-refractivity contribution < 1.29 is 18.4 Å². The summed E-state index contributed by atoms with van der Waals surface area (Å²) in [6.45, 7) is 1.62. The van der Waals surface area contributed by atoms with Crippen LogP contribution in [0.15, 0.2) is 18.2 Å². The van der Waals surface area contributed by atoms with Crippen LogP contribution >= 0.6 is 0 Å². The number of hydrogen-bond acceptors (Lipinski definition) is 2. The highest BCUT2D eigenvalue weighted by atomic mass is 19.1. The average molecular weight is 256 g/mol. The number of carbonyl (C=O) groups excluding carboxylic acids is 2. The SMILES string of the molecule is CCC(=O)N[C@@H](Cc1cc(F)cc(F)c1)C(N)=O. The fourth-order valence-electron chi connectivity index (χ4n) is 1.48. The van der Waals surface area contributed by atoms with Crippen molar-refractivity contribution in [2.24, 2.45) is 5.73 Å². The van der Waals surface area contributed by atoms with E-state index in [0.29, 0.717) is 0 Å². The zero-order chi connectivity index (χ0) is 13.7. The molecule has 0 radical (unpaired) electrons. The number of nitrogens with one attached hydrogen (secondary N) is 1. The lowest BCUT2D eigenvalue weighted by molar-refractivity contribution is -0.127. The van der Waals surface area contributed by atoms with E-state index in [2.05, 4.69) is 5.32 Å². The highest BCUT2D eigenvalue weighted by Crippen LogP contribution is 2.10. The third-order valence-corrected chi connectivity index (χ3v) is 2.36. The number of nitrogens with two attached hydrogens (primary N) is 1. The van der Waals surface area contributed by atoms with Crippen molar-refractivity contribution in [2.45, 2.75) is 25.8 Å². The van der Waals surface area contributed by atoms with Crippen LogP contribution in [0.2, 0.25) is 0 Å². The first-order valence-electron chi connectivity index (χ1n) is 5.46. The van der Waals surface area contributed by atoms with Gasteiger partial charge in [-0.15, -0.1) is 0 Å². The van der Waals surface area contributed by atoms with Gasteiger partial charge in [0.2, 0.25) is 11.8 Å². The summed E-state index contributed by atoms with van der Waals surface area (Å²) in [6.07, 6.45) is 0.150. The third kappa shape index (κ3) is 4.12. The summed E-state index contributed by atoms with van der Waals surface area (Å²) in [5.41, 5.74) is 5.38. The molecule has 3 N–H and O–H groups in total. The van der Waals surface area contributed by atoms with Crippen LogP contribution in [0.3, 0.4) is 0 Å². The van der Waals surface area contributed by atoms with E-state index < -0.39 is 23.6 Å². The molecule has 6 heteroatoms. The Bertz CT molecular complexity index is 443. The van der Waals surface area contributed by atoms with E-state index in [9.17, 15) is 18.4 Å². The Labute approximate surface area is 103 Å². The van der Waals surface area contributed by atoms with Gasteiger partial charge in [-0.1, -0.05) is 6.92 Å². The van der Waals surface area contributed by atoms with Gasteiger partial charge in [0.1, 0.15) is 17.7 Å². The van der Waals surface area contributed by atoms with Crippen molar-refractivity contribution in [2.75, 3.05) is 0 Å². The average Bonchev–Trinajstić information content (AvgIpc) is 2.26. The van der Waals surface area contributed by atoms with E-state index >= 15 is 0 Å². The van der Waals surface area contributed by atoms with E-state index in [1.165, 1.54) is 0 Å². The molecule has 2 amide bonds. The number of primary amides is 1. The van der Waals surface area contributed by atoms with Gasteiger partial charge in [-0.25, -0.2) is 8.78 Å². The maximum Gasteiger partial charge on any atom is 0.240 e. The Morgan fingerprint density at radius 2 is 1.83 bits per heavy atom. The molecule has 0 aliphatic heterocycles. The lowest BCUT2D eigenvalue weighted by Crippen LogP contribution is -2.45. The first-order chi connectivity index (χ1) is 8.42. The van der Waals surface area contributed by atoms with Gasteiger partial charge in [0, 0.05) is 18.9 Å². The second-order valence-electron chi connectivity index (χ2n) is 3.86. The van der Waals surface area contributed by atoms with Crippen molar-refractivity contribution in [3.05, 3.63) is 35.4 Å². The molecular weight excluding hydrogens is 242 g/mol. The lowest BCUT2D eigenvalue weighted by atomic mass is 10.0. The van der Waals surface area contributed by atoms with Crippen molar-refractivity contribution in [1.29, 1.82) is 0 Å². The van der Waals surface area contributed by atoms with Gasteiger partial charge in [0.05, 0.1) is 0 Å². The van der Waals surface area contributed by atoms with Crippen LogP contribution in [0.5, 0.6) is 0 Å². The van der Waals surface area contributed by atoms with Gasteiger partial charge in [0.15, 0.2) is 0 Å². The van der Waals surface area contributed by atoms with Gasteiger partial charge in [0.25, 0.3) is 0 Å². The van der Waals surface area contributed by atoms with E-state index in [1.807, 2.05) is 0 Å². The molecule has 0 spiro atoms. The molecule has 0 aromatic heterocycles. The van der Waals surface area contributed by atoms with Crippen LogP contribution in [-0.2, 0) is 16.0 Å². The number of amides is 2. The Kier molecular flexibility index (Phi) is 4.76. The van der Waals surface area contributed by atoms with Crippen LogP contribution in [0.1, 0.15) is 18.9 Å². The molecular formula is C12H14F2N2O2. The number of hydrogen-bond donors (Lipinski definition) is 2. The van der Waals surface area contributed by atoms with E-state index in [4.69, 9.17) is 5.73 Å². The Balaban J connectivity index is 2.83. The summed E-state index contributed by atoms with van der Waals surface area (Å²) in [4.78, 5) is 22.3. The van der Waals surface area contributed by atoms with Crippen LogP contribution in [-0.4, -0.2) is 17.9 Å². The number of carbonyl (C=O) groups is 2. The van der Waals surface area contributed by atoms with Gasteiger partial charge >= 0.3 is 0 Å². The summed E-state index contributed by atoms with van der Waals surface area (Å²) in [6, 6.07) is 1.94. The Morgan fingerprint density at radius 1 is 1.28 bits per heavy atom. The van der Waals surface area contributed by atoms with Gasteiger partial charge in [-0.05, 0) is 17.7 Å². The van der Waals surface area contributed by atoms with Crippen LogP contribution in [0, 0.1) is 11.6 Å². The Morgan fingerprint density at radius 3 is 2.28 bits per heavy atom. The fourth-order valence-corrected chi connectivity index (χ4v) is 1.48. The molecule has 0 aliphatic rings. The predicted molar refractivity (Wildman–Crippen MR) is 61.5 cm³/mol. The molecule has 0 bridgehead atoms. The first kappa shape index (κ1) is 14.1. The van der Waals surface area contributed by atoms with Crippen molar-refractivity contribution >= 4 is 11.8 Å². The molecule has 4 nitrogen and oxygen atoms in total. The second kappa shape index (κ2) is 6.09. The monoisotopic (exact) mass is 256 g/mol. The van der Waals surface area contributed by atoms with Crippen molar-refractivity contribution in [3.63, 3.8) is 0 Å². The molecule has 0 saturated carbocycles. The molecule has 18 heavy (non-hydrogen) atoms. The first-order valence-corrected chi connectivity index (χ1v) is 5.46. The molecule has 0 saturated heterocycles. The van der Waals surface area contributed by atoms with E-state index in [-0.39, 0.29) is 24.3 Å². The zero-order valence-electron chi connectivity index (χ0n) is 9.87. The molecule has 1 aromatic rings. The minimum Gasteiger partial charge on any atom is -0.368 e. The predicted octanol–water partition coefficient (Wildman–Crippen LogP) is 0.887. The molecule has 0 fully saturated rings. The van der Waals surface area contributed by atoms with Crippen molar-refractivity contribution in [1.82, 2.24) is 5.32 Å². The summed E-state index contributed by atoms with van der Waals surface area (Å²) in [5, 5.41) is 2.40. The Hall–Kier alpha value is -1.98. The third-order valence-electron chi connectivity index (χ3n) is 2.36. The normalized spacial score (nSPS) is 11.9. The highest BCUT2D eigenvalue weighted by molar-refractivity contribution is 5.86. The number of halogens is 2. The number of benzene rings is 1. The number of rotatable bonds is 5. The van der Waals surface area contributed by atoms with E-state index in [0.717, 1.165) is 18.2 Å². The fraction of sp³-hybridized carbons (Fsp3) is 0.333. The zero-order valence-corrected chi connectivity index (χ0v) is 9.87. The summed E-state index contributed by atoms with van der Waals surface area (Å²) in [7, 11) is 0. The quantitative estimate of drug-likeness (QED) is 0.821. The second-order valence-corrected chi connectivity index (χ2v) is 3.86. The van der Waals surface area contributed by atoms with Gasteiger partial charge in [-0.2, -0.15) is 0 Å². The van der Waals surface area contributed by atoms with E-state index in [1.54, 1.807) is 6.92 Å². The molecule has 1 rings (SSSR count). The minimum absolute atomic E-state index is 0.0459. The van der Waals surface area contributed by atoms with Gasteiger partial charge in [-0.3, -0.25) is 9.59 Å². The molecule has 0 unspecified atom stereocenters. The molecule has 0 heterocycles. The smallest absolute Gasteiger partial charge is 0.240 e. The largest absolute Gasteiger partial charge is 0.368 e. The van der Waals surface area contributed by atoms with Crippen LogP contribution < -0.4 is 11.1 Å². The van der Waals surface area contributed by atoms with Crippen LogP contribution in [0.25, 0.3) is 0 Å². The summed E-state index contributed by atoms with van der Waals surface area (Å²) >= 11 is 0. The topological polar surface area (TPSA) is 72.2 Å². The molecule has 1 aromatic carbocycles. The van der Waals surface area contributed by atoms with Crippen molar-refractivity contribution in [3.8, 4) is 0 Å². The maximum atomic E-state index is 13.0. The molecule has 98 valence electrons. The molecule has 0 aliphatic carbocycles. The molecule has 1 atom stereocenters.